The van der Waals surface area contributed by atoms with Gasteiger partial charge in [0.25, 0.3) is 0 Å². The quantitative estimate of drug-likeness (QED) is 0.0781. The molecule has 1 heterocycles. The van der Waals surface area contributed by atoms with Gasteiger partial charge in [-0.25, -0.2) is 9.59 Å². The smallest absolute Gasteiger partial charge is 0.339 e. The van der Waals surface area contributed by atoms with Gasteiger partial charge in [-0.3, -0.25) is 19.4 Å². The summed E-state index contributed by atoms with van der Waals surface area (Å²) in [7, 11) is 1.14. The highest BCUT2D eigenvalue weighted by Crippen LogP contribution is 2.13. The van der Waals surface area contributed by atoms with E-state index in [1.165, 1.54) is 101 Å². The zero-order valence-electron chi connectivity index (χ0n) is 27.3. The molecule has 1 aromatic rings. The number of hydrogen-bond donors (Lipinski definition) is 2. The van der Waals surface area contributed by atoms with Gasteiger partial charge in [0.2, 0.25) is 11.8 Å². The zero-order chi connectivity index (χ0) is 33.1. The van der Waals surface area contributed by atoms with E-state index < -0.39 is 42.4 Å². The zero-order valence-corrected chi connectivity index (χ0v) is 28.1. The van der Waals surface area contributed by atoms with Crippen LogP contribution >= 0.6 is 11.8 Å². The summed E-state index contributed by atoms with van der Waals surface area (Å²) < 4.78 is 15.2. The minimum absolute atomic E-state index is 0.172. The van der Waals surface area contributed by atoms with Crippen molar-refractivity contribution in [1.29, 1.82) is 0 Å². The Kier molecular flexibility index (Phi) is 23.1. The van der Waals surface area contributed by atoms with E-state index in [1.54, 1.807) is 6.07 Å². The van der Waals surface area contributed by atoms with Crippen LogP contribution in [0, 0.1) is 0 Å². The van der Waals surface area contributed by atoms with Gasteiger partial charge >= 0.3 is 17.9 Å². The van der Waals surface area contributed by atoms with Crippen LogP contribution in [-0.2, 0) is 33.4 Å². The molecule has 0 aromatic carbocycles. The van der Waals surface area contributed by atoms with Gasteiger partial charge in [-0.15, -0.1) is 0 Å². The van der Waals surface area contributed by atoms with Crippen molar-refractivity contribution in [3.8, 4) is 0 Å². The normalized spacial score (nSPS) is 12.1. The van der Waals surface area contributed by atoms with Crippen molar-refractivity contribution in [3.05, 3.63) is 30.1 Å². The number of methoxy groups -OCH3 is 1. The lowest BCUT2D eigenvalue weighted by atomic mass is 10.0. The molecule has 45 heavy (non-hydrogen) atoms. The number of thioether (sulfide) groups is 1. The van der Waals surface area contributed by atoms with E-state index in [4.69, 9.17) is 14.2 Å². The maximum Gasteiger partial charge on any atom is 0.339 e. The summed E-state index contributed by atoms with van der Waals surface area (Å²) in [5.41, 5.74) is 0.185. The van der Waals surface area contributed by atoms with Crippen molar-refractivity contribution in [2.75, 3.05) is 31.8 Å². The maximum absolute atomic E-state index is 12.9. The minimum atomic E-state index is -1.28. The standard InChI is InChI=1S/C33H53N3O8S/c1-4-5-6-7-8-9-10-11-12-13-14-15-16-19-30(38)43-21-22-45-25-29(35-26(2)37)31(39)36-28(33(41)42-3)24-44-32(40)27-18-17-20-34-23-27/h17-18,20,23,28-29H,4-16,19,21-22,24-25H2,1-3H3,(H,35,37)(H,36,39). The molecule has 12 heteroatoms. The fourth-order valence-electron chi connectivity index (χ4n) is 4.51. The van der Waals surface area contributed by atoms with Crippen LogP contribution in [0.5, 0.6) is 0 Å². The van der Waals surface area contributed by atoms with Crippen LogP contribution < -0.4 is 10.6 Å². The Hall–Kier alpha value is -3.15. The molecule has 0 saturated carbocycles. The van der Waals surface area contributed by atoms with Crippen LogP contribution in [0.4, 0.5) is 0 Å². The molecular weight excluding hydrogens is 598 g/mol. The SMILES string of the molecule is CCCCCCCCCCCCCCCC(=O)OCCSCC(NC(C)=O)C(=O)NC(COC(=O)c1cccnc1)C(=O)OC. The number of nitrogens with zero attached hydrogens (tertiary/aromatic N) is 1. The van der Waals surface area contributed by atoms with E-state index in [9.17, 15) is 24.0 Å². The van der Waals surface area contributed by atoms with Gasteiger partial charge in [-0.1, -0.05) is 84.0 Å². The third-order valence-electron chi connectivity index (χ3n) is 7.03. The number of nitrogens with one attached hydrogen (secondary N) is 2. The number of esters is 3. The van der Waals surface area contributed by atoms with Gasteiger partial charge in [0.1, 0.15) is 19.3 Å². The van der Waals surface area contributed by atoms with Gasteiger partial charge in [0, 0.05) is 37.2 Å². The average Bonchev–Trinajstić information content (AvgIpc) is 3.04. The van der Waals surface area contributed by atoms with Gasteiger partial charge in [-0.2, -0.15) is 11.8 Å². The Balaban J connectivity index is 2.27. The fourth-order valence-corrected chi connectivity index (χ4v) is 5.35. The van der Waals surface area contributed by atoms with Crippen LogP contribution in [0.2, 0.25) is 0 Å². The number of carbonyl (C=O) groups is 5. The molecule has 0 bridgehead atoms. The van der Waals surface area contributed by atoms with E-state index in [0.717, 1.165) is 26.4 Å². The largest absolute Gasteiger partial charge is 0.467 e. The Morgan fingerprint density at radius 3 is 2.02 bits per heavy atom. The van der Waals surface area contributed by atoms with E-state index in [0.29, 0.717) is 12.2 Å². The molecule has 1 rings (SSSR count). The lowest BCUT2D eigenvalue weighted by Crippen LogP contribution is -2.54. The monoisotopic (exact) mass is 651 g/mol. The number of carbonyl (C=O) groups excluding carboxylic acids is 5. The second kappa shape index (κ2) is 26.1. The van der Waals surface area contributed by atoms with Crippen molar-refractivity contribution >= 4 is 41.5 Å². The first-order chi connectivity index (χ1) is 21.8. The summed E-state index contributed by atoms with van der Waals surface area (Å²) in [5.74, 6) is -2.25. The summed E-state index contributed by atoms with van der Waals surface area (Å²) >= 11 is 1.32. The maximum atomic E-state index is 12.9. The average molecular weight is 652 g/mol. The Labute approximate surface area is 272 Å². The molecule has 0 aliphatic carbocycles. The highest BCUT2D eigenvalue weighted by atomic mass is 32.2. The predicted octanol–water partition coefficient (Wildman–Crippen LogP) is 5.16. The van der Waals surface area contributed by atoms with E-state index in [-0.39, 0.29) is 23.9 Å². The number of unbranched alkanes of at least 4 members (excludes halogenated alkanes) is 12. The topological polar surface area (TPSA) is 150 Å². The molecule has 0 fully saturated rings. The number of hydrogen-bond acceptors (Lipinski definition) is 10. The second-order valence-corrected chi connectivity index (χ2v) is 12.1. The van der Waals surface area contributed by atoms with Crippen molar-refractivity contribution in [2.24, 2.45) is 0 Å². The lowest BCUT2D eigenvalue weighted by molar-refractivity contribution is -0.146. The molecular formula is C33H53N3O8S. The van der Waals surface area contributed by atoms with Crippen molar-refractivity contribution < 1.29 is 38.2 Å². The van der Waals surface area contributed by atoms with Crippen LogP contribution in [-0.4, -0.2) is 78.6 Å². The van der Waals surface area contributed by atoms with E-state index in [1.807, 2.05) is 0 Å². The van der Waals surface area contributed by atoms with Crippen LogP contribution in [0.1, 0.15) is 114 Å². The molecule has 1 aromatic heterocycles. The van der Waals surface area contributed by atoms with Gasteiger partial charge in [-0.05, 0) is 18.6 Å². The van der Waals surface area contributed by atoms with E-state index >= 15 is 0 Å². The van der Waals surface area contributed by atoms with Crippen molar-refractivity contribution in [1.82, 2.24) is 15.6 Å². The Bertz CT molecular complexity index is 995. The highest BCUT2D eigenvalue weighted by molar-refractivity contribution is 7.99. The van der Waals surface area contributed by atoms with Crippen LogP contribution in [0.3, 0.4) is 0 Å². The molecule has 11 nitrogen and oxygen atoms in total. The molecule has 0 spiro atoms. The van der Waals surface area contributed by atoms with Gasteiger partial charge in [0.15, 0.2) is 6.04 Å². The number of amides is 2. The Morgan fingerprint density at radius 2 is 1.47 bits per heavy atom. The second-order valence-electron chi connectivity index (χ2n) is 11.0. The molecule has 2 amide bonds. The Morgan fingerprint density at radius 1 is 0.844 bits per heavy atom. The number of aromatic nitrogens is 1. The summed E-state index contributed by atoms with van der Waals surface area (Å²) in [5, 5.41) is 5.03. The molecule has 2 N–H and O–H groups in total. The molecule has 0 aliphatic rings. The first-order valence-corrected chi connectivity index (χ1v) is 17.4. The first-order valence-electron chi connectivity index (χ1n) is 16.2. The highest BCUT2D eigenvalue weighted by Gasteiger charge is 2.28. The fraction of sp³-hybridized carbons (Fsp3) is 0.697. The number of rotatable bonds is 26. The van der Waals surface area contributed by atoms with Crippen LogP contribution in [0.25, 0.3) is 0 Å². The lowest BCUT2D eigenvalue weighted by Gasteiger charge is -2.21. The molecule has 0 saturated heterocycles. The predicted molar refractivity (Wildman–Crippen MR) is 175 cm³/mol. The summed E-state index contributed by atoms with van der Waals surface area (Å²) in [6, 6.07) is 0.806. The molecule has 2 unspecified atom stereocenters. The summed E-state index contributed by atoms with van der Waals surface area (Å²) in [4.78, 5) is 65.0. The first kappa shape index (κ1) is 39.9. The van der Waals surface area contributed by atoms with Gasteiger partial charge in [0.05, 0.1) is 12.7 Å². The third kappa shape index (κ3) is 20.5. The summed E-state index contributed by atoms with van der Waals surface area (Å²) in [6.07, 6.45) is 19.3. The van der Waals surface area contributed by atoms with Gasteiger partial charge < -0.3 is 24.8 Å². The van der Waals surface area contributed by atoms with Crippen molar-refractivity contribution in [2.45, 2.75) is 116 Å². The molecule has 0 radical (unpaired) electrons. The number of pyridine rings is 1. The summed E-state index contributed by atoms with van der Waals surface area (Å²) in [6.45, 7) is 3.23. The molecule has 0 aliphatic heterocycles. The number of ether oxygens (including phenoxy) is 3. The van der Waals surface area contributed by atoms with Crippen LogP contribution in [0.15, 0.2) is 24.5 Å². The van der Waals surface area contributed by atoms with E-state index in [2.05, 4.69) is 22.5 Å². The molecule has 254 valence electrons. The minimum Gasteiger partial charge on any atom is -0.467 e. The molecule has 2 atom stereocenters. The third-order valence-corrected chi connectivity index (χ3v) is 8.06. The van der Waals surface area contributed by atoms with Crippen molar-refractivity contribution in [3.63, 3.8) is 0 Å².